The highest BCUT2D eigenvalue weighted by molar-refractivity contribution is 7.92. The molecular formula is C11H10N2O3S. The Balaban J connectivity index is 2.30. The standard InChI is InChI=1S/C11H10N2O3S/c14-10-6-9(7-12-8-10)13-17(15,16)11-4-2-1-3-5-11/h1-8,13-14H. The Morgan fingerprint density at radius 2 is 1.82 bits per heavy atom. The highest BCUT2D eigenvalue weighted by Crippen LogP contribution is 2.18. The summed E-state index contributed by atoms with van der Waals surface area (Å²) in [6.07, 6.45) is 2.54. The van der Waals surface area contributed by atoms with E-state index >= 15 is 0 Å². The Hall–Kier alpha value is -2.08. The molecule has 0 bridgehead atoms. The van der Waals surface area contributed by atoms with Gasteiger partial charge in [-0.25, -0.2) is 8.42 Å². The molecule has 17 heavy (non-hydrogen) atoms. The van der Waals surface area contributed by atoms with Gasteiger partial charge in [0.15, 0.2) is 0 Å². The number of aromatic hydroxyl groups is 1. The van der Waals surface area contributed by atoms with Gasteiger partial charge in [0.05, 0.1) is 23.0 Å². The molecule has 0 atom stereocenters. The molecule has 6 heteroatoms. The summed E-state index contributed by atoms with van der Waals surface area (Å²) in [6, 6.07) is 9.25. The van der Waals surface area contributed by atoms with E-state index in [4.69, 9.17) is 0 Å². The summed E-state index contributed by atoms with van der Waals surface area (Å²) in [7, 11) is -3.63. The van der Waals surface area contributed by atoms with Gasteiger partial charge in [-0.2, -0.15) is 0 Å². The molecule has 2 N–H and O–H groups in total. The third-order valence-electron chi connectivity index (χ3n) is 2.03. The van der Waals surface area contributed by atoms with Crippen molar-refractivity contribution in [3.8, 4) is 5.75 Å². The van der Waals surface area contributed by atoms with Gasteiger partial charge in [0, 0.05) is 6.07 Å². The quantitative estimate of drug-likeness (QED) is 0.867. The predicted octanol–water partition coefficient (Wildman–Crippen LogP) is 1.59. The highest BCUT2D eigenvalue weighted by atomic mass is 32.2. The fraction of sp³-hybridized carbons (Fsp3) is 0. The van der Waals surface area contributed by atoms with Gasteiger partial charge in [0.1, 0.15) is 5.75 Å². The summed E-state index contributed by atoms with van der Waals surface area (Å²) in [5.41, 5.74) is 0.217. The van der Waals surface area contributed by atoms with Crippen molar-refractivity contribution in [1.29, 1.82) is 0 Å². The Morgan fingerprint density at radius 1 is 1.12 bits per heavy atom. The maximum Gasteiger partial charge on any atom is 0.261 e. The van der Waals surface area contributed by atoms with Crippen LogP contribution in [-0.4, -0.2) is 18.5 Å². The molecular weight excluding hydrogens is 240 g/mol. The van der Waals surface area contributed by atoms with E-state index in [1.54, 1.807) is 18.2 Å². The van der Waals surface area contributed by atoms with Crippen LogP contribution in [0, 0.1) is 0 Å². The lowest BCUT2D eigenvalue weighted by Crippen LogP contribution is -2.12. The van der Waals surface area contributed by atoms with E-state index in [2.05, 4.69) is 9.71 Å². The molecule has 0 fully saturated rings. The zero-order chi connectivity index (χ0) is 12.3. The average molecular weight is 250 g/mol. The topological polar surface area (TPSA) is 79.3 Å². The maximum absolute atomic E-state index is 11.9. The first-order chi connectivity index (χ1) is 8.08. The van der Waals surface area contributed by atoms with Crippen molar-refractivity contribution in [1.82, 2.24) is 4.98 Å². The monoisotopic (exact) mass is 250 g/mol. The molecule has 0 aliphatic heterocycles. The number of nitrogens with one attached hydrogen (secondary N) is 1. The van der Waals surface area contributed by atoms with Crippen LogP contribution < -0.4 is 4.72 Å². The highest BCUT2D eigenvalue weighted by Gasteiger charge is 2.13. The lowest BCUT2D eigenvalue weighted by atomic mass is 10.4. The van der Waals surface area contributed by atoms with Crippen molar-refractivity contribution in [2.75, 3.05) is 4.72 Å². The number of pyridine rings is 1. The molecule has 0 amide bonds. The molecule has 1 heterocycles. The summed E-state index contributed by atoms with van der Waals surface area (Å²) in [5.74, 6) is -0.0988. The summed E-state index contributed by atoms with van der Waals surface area (Å²) < 4.78 is 26.1. The summed E-state index contributed by atoms with van der Waals surface area (Å²) in [4.78, 5) is 3.84. The summed E-state index contributed by atoms with van der Waals surface area (Å²) in [5, 5.41) is 9.18. The van der Waals surface area contributed by atoms with Crippen LogP contribution in [0.4, 0.5) is 5.69 Å². The minimum absolute atomic E-state index is 0.0988. The largest absolute Gasteiger partial charge is 0.506 e. The predicted molar refractivity (Wildman–Crippen MR) is 63.2 cm³/mol. The Bertz CT molecular complexity index is 612. The van der Waals surface area contributed by atoms with Crippen molar-refractivity contribution in [3.63, 3.8) is 0 Å². The molecule has 0 aliphatic carbocycles. The van der Waals surface area contributed by atoms with E-state index in [1.165, 1.54) is 30.6 Å². The first-order valence-electron chi connectivity index (χ1n) is 4.80. The number of anilines is 1. The van der Waals surface area contributed by atoms with Gasteiger partial charge in [0.2, 0.25) is 0 Å². The van der Waals surface area contributed by atoms with Crippen molar-refractivity contribution in [2.45, 2.75) is 4.90 Å². The molecule has 0 saturated carbocycles. The van der Waals surface area contributed by atoms with Crippen molar-refractivity contribution in [2.24, 2.45) is 0 Å². The van der Waals surface area contributed by atoms with E-state index in [-0.39, 0.29) is 16.3 Å². The van der Waals surface area contributed by atoms with E-state index in [0.29, 0.717) is 0 Å². The van der Waals surface area contributed by atoms with Gasteiger partial charge in [-0.3, -0.25) is 9.71 Å². The minimum atomic E-state index is -3.63. The molecule has 0 radical (unpaired) electrons. The second kappa shape index (κ2) is 4.42. The third kappa shape index (κ3) is 2.73. The van der Waals surface area contributed by atoms with Crippen LogP contribution in [0.2, 0.25) is 0 Å². The Kier molecular flexibility index (Phi) is 2.97. The first-order valence-corrected chi connectivity index (χ1v) is 6.28. The van der Waals surface area contributed by atoms with Crippen LogP contribution in [0.5, 0.6) is 5.75 Å². The SMILES string of the molecule is O=S(=O)(Nc1cncc(O)c1)c1ccccc1. The van der Waals surface area contributed by atoms with Gasteiger partial charge in [-0.15, -0.1) is 0 Å². The van der Waals surface area contributed by atoms with Gasteiger partial charge < -0.3 is 5.11 Å². The molecule has 1 aromatic heterocycles. The molecule has 1 aromatic carbocycles. The van der Waals surface area contributed by atoms with E-state index in [1.807, 2.05) is 0 Å². The minimum Gasteiger partial charge on any atom is -0.506 e. The van der Waals surface area contributed by atoms with Crippen LogP contribution in [-0.2, 0) is 10.0 Å². The molecule has 0 spiro atoms. The van der Waals surface area contributed by atoms with Gasteiger partial charge in [-0.1, -0.05) is 18.2 Å². The molecule has 0 aliphatic rings. The van der Waals surface area contributed by atoms with Crippen molar-refractivity contribution >= 4 is 15.7 Å². The fourth-order valence-corrected chi connectivity index (χ4v) is 2.35. The molecule has 5 nitrogen and oxygen atoms in total. The average Bonchev–Trinajstić information content (AvgIpc) is 2.29. The smallest absolute Gasteiger partial charge is 0.261 e. The van der Waals surface area contributed by atoms with Crippen LogP contribution >= 0.6 is 0 Å². The second-order valence-corrected chi connectivity index (χ2v) is 5.03. The summed E-state index contributed by atoms with van der Waals surface area (Å²) >= 11 is 0. The molecule has 2 rings (SSSR count). The Morgan fingerprint density at radius 3 is 2.47 bits per heavy atom. The van der Waals surface area contributed by atoms with Crippen LogP contribution in [0.3, 0.4) is 0 Å². The Labute approximate surface area is 98.8 Å². The van der Waals surface area contributed by atoms with E-state index < -0.39 is 10.0 Å². The van der Waals surface area contributed by atoms with Crippen LogP contribution in [0.1, 0.15) is 0 Å². The van der Waals surface area contributed by atoms with Gasteiger partial charge in [-0.05, 0) is 12.1 Å². The molecule has 0 unspecified atom stereocenters. The number of hydrogen-bond donors (Lipinski definition) is 2. The first kappa shape index (κ1) is 11.4. The fourth-order valence-electron chi connectivity index (χ4n) is 1.30. The second-order valence-electron chi connectivity index (χ2n) is 3.35. The van der Waals surface area contributed by atoms with Gasteiger partial charge in [0.25, 0.3) is 10.0 Å². The lowest BCUT2D eigenvalue weighted by molar-refractivity contribution is 0.473. The molecule has 2 aromatic rings. The number of hydrogen-bond acceptors (Lipinski definition) is 4. The number of nitrogens with zero attached hydrogens (tertiary/aromatic N) is 1. The number of benzene rings is 1. The van der Waals surface area contributed by atoms with E-state index in [0.717, 1.165) is 0 Å². The third-order valence-corrected chi connectivity index (χ3v) is 3.43. The van der Waals surface area contributed by atoms with Crippen molar-refractivity contribution in [3.05, 3.63) is 48.8 Å². The zero-order valence-corrected chi connectivity index (χ0v) is 9.55. The number of aromatic nitrogens is 1. The van der Waals surface area contributed by atoms with Gasteiger partial charge >= 0.3 is 0 Å². The van der Waals surface area contributed by atoms with Crippen LogP contribution in [0.25, 0.3) is 0 Å². The lowest BCUT2D eigenvalue weighted by Gasteiger charge is -2.07. The number of rotatable bonds is 3. The number of sulfonamides is 1. The molecule has 0 saturated heterocycles. The van der Waals surface area contributed by atoms with Crippen molar-refractivity contribution < 1.29 is 13.5 Å². The normalized spacial score (nSPS) is 11.1. The zero-order valence-electron chi connectivity index (χ0n) is 8.74. The van der Waals surface area contributed by atoms with E-state index in [9.17, 15) is 13.5 Å². The molecule has 88 valence electrons. The summed E-state index contributed by atoms with van der Waals surface area (Å²) in [6.45, 7) is 0. The maximum atomic E-state index is 11.9. The van der Waals surface area contributed by atoms with Crippen LogP contribution in [0.15, 0.2) is 53.7 Å².